The van der Waals surface area contributed by atoms with Crippen LogP contribution in [0, 0.1) is 5.92 Å². The summed E-state index contributed by atoms with van der Waals surface area (Å²) < 4.78 is 0. The minimum absolute atomic E-state index is 0.121. The molecule has 0 aromatic heterocycles. The lowest BCUT2D eigenvalue weighted by Crippen LogP contribution is -2.27. The van der Waals surface area contributed by atoms with E-state index in [1.54, 1.807) is 0 Å². The Morgan fingerprint density at radius 3 is 2.38 bits per heavy atom. The standard InChI is InChI=1S/C10H22N2O/c1-8(2)6-7-12-10(13)5-4-9(3)11/h8-9H,4-7,11H2,1-3H3,(H,12,13). The Balaban J connectivity index is 3.30. The quantitative estimate of drug-likeness (QED) is 0.656. The van der Waals surface area contributed by atoms with Gasteiger partial charge in [-0.25, -0.2) is 0 Å². The third-order valence-electron chi connectivity index (χ3n) is 1.87. The van der Waals surface area contributed by atoms with Gasteiger partial charge < -0.3 is 11.1 Å². The molecule has 1 unspecified atom stereocenters. The van der Waals surface area contributed by atoms with E-state index in [4.69, 9.17) is 5.73 Å². The average molecular weight is 186 g/mol. The van der Waals surface area contributed by atoms with Crippen LogP contribution in [0.5, 0.6) is 0 Å². The summed E-state index contributed by atoms with van der Waals surface area (Å²) in [6, 6.07) is 0.121. The van der Waals surface area contributed by atoms with Crippen LogP contribution in [0.25, 0.3) is 0 Å². The number of hydrogen-bond donors (Lipinski definition) is 2. The molecule has 0 spiro atoms. The summed E-state index contributed by atoms with van der Waals surface area (Å²) in [4.78, 5) is 11.2. The highest BCUT2D eigenvalue weighted by Gasteiger charge is 2.02. The molecule has 1 amide bonds. The number of carbonyl (C=O) groups is 1. The summed E-state index contributed by atoms with van der Waals surface area (Å²) in [5.41, 5.74) is 5.54. The van der Waals surface area contributed by atoms with Crippen molar-refractivity contribution < 1.29 is 4.79 Å². The van der Waals surface area contributed by atoms with E-state index < -0.39 is 0 Å². The van der Waals surface area contributed by atoms with Crippen molar-refractivity contribution >= 4 is 5.91 Å². The van der Waals surface area contributed by atoms with Gasteiger partial charge in [-0.1, -0.05) is 13.8 Å². The first kappa shape index (κ1) is 12.4. The highest BCUT2D eigenvalue weighted by molar-refractivity contribution is 5.75. The number of nitrogens with one attached hydrogen (secondary N) is 1. The molecule has 0 heterocycles. The Morgan fingerprint density at radius 1 is 1.31 bits per heavy atom. The molecule has 0 aliphatic rings. The van der Waals surface area contributed by atoms with Gasteiger partial charge in [0.05, 0.1) is 0 Å². The van der Waals surface area contributed by atoms with Crippen molar-refractivity contribution in [2.45, 2.75) is 46.1 Å². The zero-order valence-corrected chi connectivity index (χ0v) is 8.97. The molecule has 78 valence electrons. The second-order valence-corrected chi connectivity index (χ2v) is 4.05. The van der Waals surface area contributed by atoms with E-state index in [1.165, 1.54) is 0 Å². The molecule has 0 rings (SSSR count). The van der Waals surface area contributed by atoms with E-state index in [0.29, 0.717) is 12.3 Å². The van der Waals surface area contributed by atoms with Crippen LogP contribution < -0.4 is 11.1 Å². The molecule has 0 aromatic rings. The SMILES string of the molecule is CC(C)CCNC(=O)CCC(C)N. The van der Waals surface area contributed by atoms with Crippen molar-refractivity contribution in [2.24, 2.45) is 11.7 Å². The number of carbonyl (C=O) groups excluding carboxylic acids is 1. The zero-order chi connectivity index (χ0) is 10.3. The smallest absolute Gasteiger partial charge is 0.220 e. The van der Waals surface area contributed by atoms with Crippen molar-refractivity contribution in [3.63, 3.8) is 0 Å². The van der Waals surface area contributed by atoms with Crippen LogP contribution in [0.3, 0.4) is 0 Å². The van der Waals surface area contributed by atoms with E-state index in [-0.39, 0.29) is 11.9 Å². The number of rotatable bonds is 6. The van der Waals surface area contributed by atoms with E-state index in [2.05, 4.69) is 19.2 Å². The van der Waals surface area contributed by atoms with Crippen LogP contribution in [-0.4, -0.2) is 18.5 Å². The summed E-state index contributed by atoms with van der Waals surface area (Å²) in [6.45, 7) is 7.00. The van der Waals surface area contributed by atoms with Crippen molar-refractivity contribution in [1.29, 1.82) is 0 Å². The molecule has 13 heavy (non-hydrogen) atoms. The predicted octanol–water partition coefficient (Wildman–Crippen LogP) is 1.28. The van der Waals surface area contributed by atoms with Crippen molar-refractivity contribution in [3.05, 3.63) is 0 Å². The van der Waals surface area contributed by atoms with Crippen LogP contribution in [-0.2, 0) is 4.79 Å². The molecular formula is C10H22N2O. The normalized spacial score (nSPS) is 13.0. The first-order chi connectivity index (χ1) is 6.02. The summed E-state index contributed by atoms with van der Waals surface area (Å²) in [5.74, 6) is 0.770. The first-order valence-electron chi connectivity index (χ1n) is 5.04. The maximum absolute atomic E-state index is 11.2. The Labute approximate surface area is 81.1 Å². The molecule has 0 aliphatic carbocycles. The second-order valence-electron chi connectivity index (χ2n) is 4.05. The Morgan fingerprint density at radius 2 is 1.92 bits per heavy atom. The third-order valence-corrected chi connectivity index (χ3v) is 1.87. The summed E-state index contributed by atoms with van der Waals surface area (Å²) in [5, 5.41) is 2.87. The highest BCUT2D eigenvalue weighted by atomic mass is 16.1. The van der Waals surface area contributed by atoms with Crippen LogP contribution >= 0.6 is 0 Å². The first-order valence-corrected chi connectivity index (χ1v) is 5.04. The van der Waals surface area contributed by atoms with Gasteiger partial charge in [-0.3, -0.25) is 4.79 Å². The Hall–Kier alpha value is -0.570. The molecule has 0 aromatic carbocycles. The van der Waals surface area contributed by atoms with Gasteiger partial charge in [0.15, 0.2) is 0 Å². The fourth-order valence-electron chi connectivity index (χ4n) is 0.947. The lowest BCUT2D eigenvalue weighted by molar-refractivity contribution is -0.121. The highest BCUT2D eigenvalue weighted by Crippen LogP contribution is 1.97. The van der Waals surface area contributed by atoms with E-state index in [1.807, 2.05) is 6.92 Å². The molecule has 3 N–H and O–H groups in total. The van der Waals surface area contributed by atoms with Gasteiger partial charge in [0.1, 0.15) is 0 Å². The molecule has 0 fully saturated rings. The minimum Gasteiger partial charge on any atom is -0.356 e. The second kappa shape index (κ2) is 6.89. The Kier molecular flexibility index (Phi) is 6.59. The fraction of sp³-hybridized carbons (Fsp3) is 0.900. The van der Waals surface area contributed by atoms with Gasteiger partial charge in [0.2, 0.25) is 5.91 Å². The van der Waals surface area contributed by atoms with Crippen molar-refractivity contribution in [1.82, 2.24) is 5.32 Å². The molecule has 0 radical (unpaired) electrons. The lowest BCUT2D eigenvalue weighted by Gasteiger charge is -2.08. The topological polar surface area (TPSA) is 55.1 Å². The van der Waals surface area contributed by atoms with Crippen molar-refractivity contribution in [3.8, 4) is 0 Å². The van der Waals surface area contributed by atoms with Crippen LogP contribution in [0.1, 0.15) is 40.0 Å². The van der Waals surface area contributed by atoms with Gasteiger partial charge >= 0.3 is 0 Å². The van der Waals surface area contributed by atoms with Gasteiger partial charge in [0.25, 0.3) is 0 Å². The summed E-state index contributed by atoms with van der Waals surface area (Å²) in [7, 11) is 0. The molecule has 0 aliphatic heterocycles. The third kappa shape index (κ3) is 9.34. The maximum Gasteiger partial charge on any atom is 0.220 e. The van der Waals surface area contributed by atoms with Gasteiger partial charge in [-0.15, -0.1) is 0 Å². The summed E-state index contributed by atoms with van der Waals surface area (Å²) in [6.07, 6.45) is 2.37. The molecule has 3 nitrogen and oxygen atoms in total. The van der Waals surface area contributed by atoms with Crippen LogP contribution in [0.15, 0.2) is 0 Å². The Bertz CT molecular complexity index is 144. The number of hydrogen-bond acceptors (Lipinski definition) is 2. The van der Waals surface area contributed by atoms with Crippen LogP contribution in [0.4, 0.5) is 0 Å². The minimum atomic E-state index is 0.121. The lowest BCUT2D eigenvalue weighted by atomic mass is 10.1. The number of nitrogens with two attached hydrogens (primary N) is 1. The molecule has 0 saturated heterocycles. The predicted molar refractivity (Wildman–Crippen MR) is 55.3 cm³/mol. The van der Waals surface area contributed by atoms with Crippen molar-refractivity contribution in [2.75, 3.05) is 6.54 Å². The molecular weight excluding hydrogens is 164 g/mol. The van der Waals surface area contributed by atoms with Crippen LogP contribution in [0.2, 0.25) is 0 Å². The van der Waals surface area contributed by atoms with E-state index in [0.717, 1.165) is 19.4 Å². The fourth-order valence-corrected chi connectivity index (χ4v) is 0.947. The van der Waals surface area contributed by atoms with Gasteiger partial charge in [0, 0.05) is 19.0 Å². The molecule has 0 bridgehead atoms. The molecule has 0 saturated carbocycles. The van der Waals surface area contributed by atoms with E-state index in [9.17, 15) is 4.79 Å². The van der Waals surface area contributed by atoms with Gasteiger partial charge in [-0.2, -0.15) is 0 Å². The van der Waals surface area contributed by atoms with E-state index >= 15 is 0 Å². The van der Waals surface area contributed by atoms with Gasteiger partial charge in [-0.05, 0) is 25.7 Å². The maximum atomic E-state index is 11.2. The average Bonchev–Trinajstić information content (AvgIpc) is 2.00. The number of amides is 1. The monoisotopic (exact) mass is 186 g/mol. The zero-order valence-electron chi connectivity index (χ0n) is 8.97. The molecule has 3 heteroatoms. The largest absolute Gasteiger partial charge is 0.356 e. The molecule has 1 atom stereocenters. The summed E-state index contributed by atoms with van der Waals surface area (Å²) >= 11 is 0.